The van der Waals surface area contributed by atoms with Crippen LogP contribution >= 0.6 is 0 Å². The van der Waals surface area contributed by atoms with Gasteiger partial charge in [-0.1, -0.05) is 6.07 Å². The molecule has 6 heteroatoms. The number of amides is 1. The lowest BCUT2D eigenvalue weighted by molar-refractivity contribution is 0.0297. The highest BCUT2D eigenvalue weighted by molar-refractivity contribution is 5.91. The Hall–Kier alpha value is -2.34. The second-order valence-electron chi connectivity index (χ2n) is 6.06. The van der Waals surface area contributed by atoms with Crippen LogP contribution in [0.2, 0.25) is 0 Å². The molecule has 2 rings (SSSR count). The van der Waals surface area contributed by atoms with Crippen molar-refractivity contribution in [2.24, 2.45) is 0 Å². The summed E-state index contributed by atoms with van der Waals surface area (Å²) < 4.78 is 7.07. The van der Waals surface area contributed by atoms with Gasteiger partial charge in [-0.15, -0.1) is 0 Å². The van der Waals surface area contributed by atoms with Crippen molar-refractivity contribution >= 4 is 5.91 Å². The van der Waals surface area contributed by atoms with Crippen LogP contribution in [0.5, 0.6) is 0 Å². The third-order valence-electron chi connectivity index (χ3n) is 3.34. The number of nitrogens with zero attached hydrogens (tertiary/aromatic N) is 2. The number of hydrogen-bond donors (Lipinski definition) is 1. The van der Waals surface area contributed by atoms with E-state index in [1.54, 1.807) is 44.3 Å². The number of aliphatic hydroxyl groups is 1. The van der Waals surface area contributed by atoms with Gasteiger partial charge in [0.15, 0.2) is 5.76 Å². The maximum atomic E-state index is 12.4. The summed E-state index contributed by atoms with van der Waals surface area (Å²) in [6.45, 7) is 6.10. The fraction of sp³-hybridized carbons (Fsp3) is 0.412. The molecule has 6 nitrogen and oxygen atoms in total. The van der Waals surface area contributed by atoms with Gasteiger partial charge in [-0.25, -0.2) is 0 Å². The van der Waals surface area contributed by atoms with Crippen molar-refractivity contribution in [2.75, 3.05) is 13.1 Å². The van der Waals surface area contributed by atoms with Gasteiger partial charge in [-0.3, -0.25) is 9.59 Å². The Morgan fingerprint density at radius 2 is 2.04 bits per heavy atom. The fourth-order valence-corrected chi connectivity index (χ4v) is 2.29. The topological polar surface area (TPSA) is 75.7 Å². The Balaban J connectivity index is 2.13. The number of furan rings is 1. The number of aromatic nitrogens is 1. The van der Waals surface area contributed by atoms with Crippen LogP contribution < -0.4 is 5.56 Å². The molecule has 1 amide bonds. The van der Waals surface area contributed by atoms with Gasteiger partial charge in [-0.2, -0.15) is 0 Å². The van der Waals surface area contributed by atoms with E-state index in [1.807, 2.05) is 6.92 Å². The lowest BCUT2D eigenvalue weighted by atomic mass is 10.1. The molecule has 0 saturated carbocycles. The maximum absolute atomic E-state index is 12.4. The monoisotopic (exact) mass is 318 g/mol. The quantitative estimate of drug-likeness (QED) is 0.880. The molecule has 124 valence electrons. The van der Waals surface area contributed by atoms with Crippen LogP contribution in [0.25, 0.3) is 0 Å². The van der Waals surface area contributed by atoms with Crippen LogP contribution in [-0.2, 0) is 6.54 Å². The minimum Gasteiger partial charge on any atom is -0.454 e. The standard InChI is InChI=1S/C17H22N2O4/c1-4-18(12-17(2,3)22)16(21)14-9-8-13(23-14)11-19-10-6-5-7-15(19)20/h5-10,22H,4,11-12H2,1-3H3. The van der Waals surface area contributed by atoms with Crippen LogP contribution in [0, 0.1) is 0 Å². The number of carbonyl (C=O) groups is 1. The molecule has 0 saturated heterocycles. The Bertz CT molecular complexity index is 724. The first-order valence-electron chi connectivity index (χ1n) is 7.56. The molecular weight excluding hydrogens is 296 g/mol. The molecule has 0 unspecified atom stereocenters. The zero-order valence-electron chi connectivity index (χ0n) is 13.7. The predicted octanol–water partition coefficient (Wildman–Crippen LogP) is 1.72. The number of hydrogen-bond acceptors (Lipinski definition) is 4. The predicted molar refractivity (Wildman–Crippen MR) is 86.4 cm³/mol. The zero-order chi connectivity index (χ0) is 17.0. The highest BCUT2D eigenvalue weighted by atomic mass is 16.4. The minimum absolute atomic E-state index is 0.131. The first-order valence-corrected chi connectivity index (χ1v) is 7.56. The maximum Gasteiger partial charge on any atom is 0.289 e. The number of pyridine rings is 1. The molecule has 0 aliphatic heterocycles. The van der Waals surface area contributed by atoms with E-state index >= 15 is 0 Å². The van der Waals surface area contributed by atoms with Crippen LogP contribution in [0.4, 0.5) is 0 Å². The molecule has 0 atom stereocenters. The Morgan fingerprint density at radius 3 is 2.65 bits per heavy atom. The lowest BCUT2D eigenvalue weighted by Gasteiger charge is -2.27. The van der Waals surface area contributed by atoms with E-state index in [9.17, 15) is 14.7 Å². The molecule has 0 aliphatic rings. The summed E-state index contributed by atoms with van der Waals surface area (Å²) in [5.41, 5.74) is -1.10. The average Bonchev–Trinajstić information content (AvgIpc) is 2.94. The van der Waals surface area contributed by atoms with Gasteiger partial charge in [0.05, 0.1) is 12.1 Å². The van der Waals surface area contributed by atoms with Gasteiger partial charge in [0.1, 0.15) is 5.76 Å². The van der Waals surface area contributed by atoms with Crippen molar-refractivity contribution in [1.29, 1.82) is 0 Å². The van der Waals surface area contributed by atoms with Crippen LogP contribution in [-0.4, -0.2) is 39.2 Å². The molecule has 0 radical (unpaired) electrons. The Kier molecular flexibility index (Phi) is 5.05. The molecule has 0 fully saturated rings. The smallest absolute Gasteiger partial charge is 0.289 e. The van der Waals surface area contributed by atoms with E-state index < -0.39 is 5.60 Å². The second kappa shape index (κ2) is 6.83. The van der Waals surface area contributed by atoms with E-state index in [0.717, 1.165) is 0 Å². The van der Waals surface area contributed by atoms with Crippen LogP contribution in [0.3, 0.4) is 0 Å². The summed E-state index contributed by atoms with van der Waals surface area (Å²) in [6, 6.07) is 8.19. The van der Waals surface area contributed by atoms with Gasteiger partial charge in [0.25, 0.3) is 11.5 Å². The molecule has 0 aromatic carbocycles. The largest absolute Gasteiger partial charge is 0.454 e. The van der Waals surface area contributed by atoms with Gasteiger partial charge >= 0.3 is 0 Å². The van der Waals surface area contributed by atoms with Crippen LogP contribution in [0.15, 0.2) is 45.7 Å². The molecule has 1 N–H and O–H groups in total. The number of rotatable bonds is 6. The highest BCUT2D eigenvalue weighted by Crippen LogP contribution is 2.14. The number of carbonyl (C=O) groups excluding carboxylic acids is 1. The summed E-state index contributed by atoms with van der Waals surface area (Å²) in [5, 5.41) is 9.88. The van der Waals surface area contributed by atoms with E-state index in [-0.39, 0.29) is 30.3 Å². The molecule has 0 bridgehead atoms. The second-order valence-corrected chi connectivity index (χ2v) is 6.06. The fourth-order valence-electron chi connectivity index (χ4n) is 2.29. The molecule has 23 heavy (non-hydrogen) atoms. The average molecular weight is 318 g/mol. The highest BCUT2D eigenvalue weighted by Gasteiger charge is 2.24. The van der Waals surface area contributed by atoms with Crippen molar-refractivity contribution < 1.29 is 14.3 Å². The Labute approximate surface area is 135 Å². The summed E-state index contributed by atoms with van der Waals surface area (Å²) in [4.78, 5) is 25.7. The summed E-state index contributed by atoms with van der Waals surface area (Å²) >= 11 is 0. The van der Waals surface area contributed by atoms with Crippen molar-refractivity contribution in [3.05, 3.63) is 58.4 Å². The normalized spacial score (nSPS) is 11.5. The van der Waals surface area contributed by atoms with Crippen molar-refractivity contribution in [3.8, 4) is 0 Å². The molecule has 0 aliphatic carbocycles. The first kappa shape index (κ1) is 17.0. The van der Waals surface area contributed by atoms with Gasteiger partial charge in [0.2, 0.25) is 0 Å². The number of likely N-dealkylation sites (N-methyl/N-ethyl adjacent to an activating group) is 1. The SMILES string of the molecule is CCN(CC(C)(C)O)C(=O)c1ccc(Cn2ccccc2=O)o1. The lowest BCUT2D eigenvalue weighted by Crippen LogP contribution is -2.42. The third-order valence-corrected chi connectivity index (χ3v) is 3.34. The summed E-state index contributed by atoms with van der Waals surface area (Å²) in [7, 11) is 0. The zero-order valence-corrected chi connectivity index (χ0v) is 13.7. The van der Waals surface area contributed by atoms with E-state index in [0.29, 0.717) is 12.3 Å². The molecule has 2 aromatic heterocycles. The Morgan fingerprint density at radius 1 is 1.30 bits per heavy atom. The summed E-state index contributed by atoms with van der Waals surface area (Å²) in [6.07, 6.45) is 1.67. The van der Waals surface area contributed by atoms with Gasteiger partial charge in [0, 0.05) is 25.4 Å². The molecular formula is C17H22N2O4. The first-order chi connectivity index (χ1) is 10.8. The van der Waals surface area contributed by atoms with Gasteiger partial charge in [-0.05, 0) is 39.0 Å². The van der Waals surface area contributed by atoms with Crippen molar-refractivity contribution in [2.45, 2.75) is 32.9 Å². The van der Waals surface area contributed by atoms with Gasteiger partial charge < -0.3 is 19.0 Å². The van der Waals surface area contributed by atoms with E-state index in [4.69, 9.17) is 4.42 Å². The third kappa shape index (κ3) is 4.56. The van der Waals surface area contributed by atoms with E-state index in [1.165, 1.54) is 15.5 Å². The molecule has 2 heterocycles. The summed E-state index contributed by atoms with van der Waals surface area (Å²) in [5.74, 6) is 0.456. The van der Waals surface area contributed by atoms with Crippen molar-refractivity contribution in [3.63, 3.8) is 0 Å². The molecule has 2 aromatic rings. The molecule has 0 spiro atoms. The van der Waals surface area contributed by atoms with Crippen LogP contribution in [0.1, 0.15) is 37.1 Å². The van der Waals surface area contributed by atoms with E-state index in [2.05, 4.69) is 0 Å². The minimum atomic E-state index is -0.974. The van der Waals surface area contributed by atoms with Crippen molar-refractivity contribution in [1.82, 2.24) is 9.47 Å².